The van der Waals surface area contributed by atoms with Gasteiger partial charge in [-0.2, -0.15) is 31.3 Å². The number of carbonyl (C=O) groups excluding carboxylic acids is 2. The number of halogens is 6. The van der Waals surface area contributed by atoms with E-state index in [1.165, 1.54) is 12.0 Å². The summed E-state index contributed by atoms with van der Waals surface area (Å²) in [4.78, 5) is 34.9. The molecule has 43 heavy (non-hydrogen) atoms. The summed E-state index contributed by atoms with van der Waals surface area (Å²) >= 11 is 0. The molecule has 0 fully saturated rings. The van der Waals surface area contributed by atoms with Gasteiger partial charge in [0.1, 0.15) is 5.76 Å². The van der Waals surface area contributed by atoms with E-state index in [1.54, 1.807) is 19.1 Å². The third-order valence-corrected chi connectivity index (χ3v) is 6.72. The van der Waals surface area contributed by atoms with Crippen molar-refractivity contribution < 1.29 is 49.8 Å². The van der Waals surface area contributed by atoms with Gasteiger partial charge >= 0.3 is 18.4 Å². The van der Waals surface area contributed by atoms with Crippen LogP contribution in [0.4, 0.5) is 42.8 Å². The molecule has 3 aromatic rings. The average molecular weight is 616 g/mol. The zero-order chi connectivity index (χ0) is 31.7. The molecular formula is C27H27F6N5O5. The number of benzene rings is 1. The number of anilines is 2. The summed E-state index contributed by atoms with van der Waals surface area (Å²) in [6, 6.07) is 2.88. The summed E-state index contributed by atoms with van der Waals surface area (Å²) in [6.45, 7) is 3.66. The fourth-order valence-electron chi connectivity index (χ4n) is 4.81. The summed E-state index contributed by atoms with van der Waals surface area (Å²) in [5.74, 6) is -1.24. The van der Waals surface area contributed by atoms with E-state index in [4.69, 9.17) is 19.6 Å². The highest BCUT2D eigenvalue weighted by atomic mass is 19.4. The van der Waals surface area contributed by atoms with E-state index in [9.17, 15) is 35.9 Å². The molecule has 2 atom stereocenters. The van der Waals surface area contributed by atoms with Gasteiger partial charge in [-0.25, -0.2) is 9.78 Å². The highest BCUT2D eigenvalue weighted by Gasteiger charge is 2.39. The third kappa shape index (κ3) is 6.78. The highest BCUT2D eigenvalue weighted by molar-refractivity contribution is 5.92. The molecule has 0 saturated heterocycles. The van der Waals surface area contributed by atoms with Gasteiger partial charge in [-0.3, -0.25) is 9.69 Å². The number of methoxy groups -OCH3 is 1. The third-order valence-electron chi connectivity index (χ3n) is 6.72. The molecule has 2 aromatic heterocycles. The number of rotatable bonds is 8. The van der Waals surface area contributed by atoms with Crippen LogP contribution >= 0.6 is 0 Å². The van der Waals surface area contributed by atoms with Crippen LogP contribution in [-0.2, 0) is 23.5 Å². The number of fused-ring (bicyclic) bond motifs is 1. The first kappa shape index (κ1) is 31.4. The number of alkyl halides is 6. The Balaban J connectivity index is 1.73. The number of carbonyl (C=O) groups is 2. The summed E-state index contributed by atoms with van der Waals surface area (Å²) in [5.41, 5.74) is 2.20. The van der Waals surface area contributed by atoms with E-state index in [-0.39, 0.29) is 42.8 Å². The molecule has 1 aliphatic heterocycles. The Labute approximate surface area is 241 Å². The van der Waals surface area contributed by atoms with Crippen LogP contribution < -0.4 is 20.7 Å². The maximum atomic E-state index is 13.4. The first-order valence-corrected chi connectivity index (χ1v) is 13.0. The number of ether oxygens (including phenoxy) is 2. The second-order valence-electron chi connectivity index (χ2n) is 9.57. The fourth-order valence-corrected chi connectivity index (χ4v) is 4.81. The Morgan fingerprint density at radius 1 is 1.07 bits per heavy atom. The largest absolute Gasteiger partial charge is 0.481 e. The van der Waals surface area contributed by atoms with Crippen molar-refractivity contribution in [2.24, 2.45) is 5.73 Å². The quantitative estimate of drug-likeness (QED) is 0.291. The van der Waals surface area contributed by atoms with Crippen LogP contribution in [0.15, 0.2) is 34.7 Å². The number of oxazole rings is 1. The van der Waals surface area contributed by atoms with Crippen LogP contribution in [0, 0.1) is 0 Å². The lowest BCUT2D eigenvalue weighted by molar-refractivity contribution is -0.143. The summed E-state index contributed by atoms with van der Waals surface area (Å²) in [5, 5.41) is 2.97. The van der Waals surface area contributed by atoms with E-state index >= 15 is 0 Å². The molecule has 16 heteroatoms. The molecule has 3 N–H and O–H groups in total. The maximum absolute atomic E-state index is 13.4. The van der Waals surface area contributed by atoms with Gasteiger partial charge in [0.25, 0.3) is 11.9 Å². The minimum atomic E-state index is -5.06. The van der Waals surface area contributed by atoms with Crippen molar-refractivity contribution in [3.63, 3.8) is 0 Å². The molecular weight excluding hydrogens is 588 g/mol. The molecule has 0 spiro atoms. The average Bonchev–Trinajstić information content (AvgIpc) is 3.33. The van der Waals surface area contributed by atoms with E-state index in [1.807, 2.05) is 6.92 Å². The lowest BCUT2D eigenvalue weighted by Gasteiger charge is -2.39. The Morgan fingerprint density at radius 2 is 1.72 bits per heavy atom. The SMILES string of the molecule is CCOC(=O)N1c2ccc(OC)nc2[C@@H](Nc2nc(C(N)=O)c(Cc3cc(C(F)(F)F)cc(C(F)(F)F)c3)o2)C[C@H]1CC. The van der Waals surface area contributed by atoms with Crippen LogP contribution in [0.25, 0.3) is 0 Å². The molecule has 0 radical (unpaired) electrons. The van der Waals surface area contributed by atoms with Crippen LogP contribution in [0.1, 0.15) is 71.4 Å². The van der Waals surface area contributed by atoms with E-state index in [0.717, 1.165) is 0 Å². The molecule has 4 rings (SSSR count). The lowest BCUT2D eigenvalue weighted by atomic mass is 9.93. The Kier molecular flexibility index (Phi) is 8.78. The van der Waals surface area contributed by atoms with Gasteiger partial charge in [-0.1, -0.05) is 6.92 Å². The Bertz CT molecular complexity index is 1470. The van der Waals surface area contributed by atoms with Gasteiger partial charge < -0.3 is 24.9 Å². The number of primary amides is 1. The topological polar surface area (TPSA) is 133 Å². The van der Waals surface area contributed by atoms with Crippen LogP contribution in [0.2, 0.25) is 0 Å². The first-order valence-electron chi connectivity index (χ1n) is 13.0. The van der Waals surface area contributed by atoms with Gasteiger partial charge in [0.15, 0.2) is 5.69 Å². The molecule has 0 aliphatic carbocycles. The zero-order valence-electron chi connectivity index (χ0n) is 23.1. The molecule has 1 aromatic carbocycles. The first-order chi connectivity index (χ1) is 20.2. The second-order valence-corrected chi connectivity index (χ2v) is 9.57. The normalized spacial score (nSPS) is 16.9. The standard InChI is InChI=1S/C27H27F6N5O5/c1-4-16-12-17(21-18(6-7-20(36-21)41-3)38(16)25(40)42-5-2)35-24-37-22(23(34)39)19(43-24)10-13-8-14(26(28,29)30)11-15(9-13)27(31,32)33/h6-9,11,16-17H,4-5,10,12H2,1-3H3,(H2,34,39)(H,35,37)/t16-,17+/m1/s1. The van der Waals surface area contributed by atoms with Crippen molar-refractivity contribution in [1.82, 2.24) is 9.97 Å². The number of amides is 2. The monoisotopic (exact) mass is 615 g/mol. The number of hydrogen-bond donors (Lipinski definition) is 2. The van der Waals surface area contributed by atoms with E-state index in [0.29, 0.717) is 29.9 Å². The van der Waals surface area contributed by atoms with Crippen LogP contribution in [-0.4, -0.2) is 41.7 Å². The number of hydrogen-bond acceptors (Lipinski definition) is 8. The summed E-state index contributed by atoms with van der Waals surface area (Å²) < 4.78 is 96.3. The van der Waals surface area contributed by atoms with Crippen molar-refractivity contribution in [1.29, 1.82) is 0 Å². The Morgan fingerprint density at radius 3 is 2.26 bits per heavy atom. The molecule has 0 saturated carbocycles. The predicted molar refractivity (Wildman–Crippen MR) is 140 cm³/mol. The molecule has 232 valence electrons. The van der Waals surface area contributed by atoms with Gasteiger partial charge in [0.05, 0.1) is 42.3 Å². The van der Waals surface area contributed by atoms with Gasteiger partial charge in [0.2, 0.25) is 5.88 Å². The number of aromatic nitrogens is 2. The van der Waals surface area contributed by atoms with Crippen LogP contribution in [0.3, 0.4) is 0 Å². The predicted octanol–water partition coefficient (Wildman–Crippen LogP) is 6.10. The minimum Gasteiger partial charge on any atom is -0.481 e. The van der Waals surface area contributed by atoms with Crippen molar-refractivity contribution >= 4 is 23.7 Å². The number of nitrogens with one attached hydrogen (secondary N) is 1. The summed E-state index contributed by atoms with van der Waals surface area (Å²) in [7, 11) is 1.40. The second kappa shape index (κ2) is 12.0. The van der Waals surface area contributed by atoms with Crippen LogP contribution in [0.5, 0.6) is 5.88 Å². The van der Waals surface area contributed by atoms with Gasteiger partial charge in [-0.15, -0.1) is 0 Å². The molecule has 10 nitrogen and oxygen atoms in total. The number of nitrogens with zero attached hydrogens (tertiary/aromatic N) is 3. The Hall–Kier alpha value is -4.50. The van der Waals surface area contributed by atoms with Gasteiger partial charge in [0, 0.05) is 18.5 Å². The fraction of sp³-hybridized carbons (Fsp3) is 0.407. The van der Waals surface area contributed by atoms with Crippen molar-refractivity contribution in [3.8, 4) is 5.88 Å². The van der Waals surface area contributed by atoms with Crippen molar-refractivity contribution in [2.45, 2.75) is 57.5 Å². The lowest BCUT2D eigenvalue weighted by Crippen LogP contribution is -2.46. The number of nitrogens with two attached hydrogens (primary N) is 1. The molecule has 1 aliphatic rings. The summed E-state index contributed by atoms with van der Waals surface area (Å²) in [6.07, 6.45) is -10.6. The van der Waals surface area contributed by atoms with Crippen molar-refractivity contribution in [3.05, 3.63) is 64.2 Å². The molecule has 3 heterocycles. The number of pyridine rings is 1. The minimum absolute atomic E-state index is 0.00259. The van der Waals surface area contributed by atoms with E-state index in [2.05, 4.69) is 15.3 Å². The molecule has 0 unspecified atom stereocenters. The smallest absolute Gasteiger partial charge is 0.416 e. The van der Waals surface area contributed by atoms with E-state index < -0.39 is 59.2 Å². The maximum Gasteiger partial charge on any atom is 0.416 e. The molecule has 0 bridgehead atoms. The highest BCUT2D eigenvalue weighted by Crippen LogP contribution is 2.41. The molecule has 2 amide bonds. The zero-order valence-corrected chi connectivity index (χ0v) is 23.1. The van der Waals surface area contributed by atoms with Crippen molar-refractivity contribution in [2.75, 3.05) is 23.9 Å². The van der Waals surface area contributed by atoms with Gasteiger partial charge in [-0.05, 0) is 49.6 Å².